The number of anilines is 1. The molecule has 0 aromatic heterocycles. The zero-order valence-corrected chi connectivity index (χ0v) is 10.3. The highest BCUT2D eigenvalue weighted by Gasteiger charge is 2.28. The number of rotatable bonds is 1. The van der Waals surface area contributed by atoms with Crippen molar-refractivity contribution in [2.45, 2.75) is 19.4 Å². The normalized spacial score (nSPS) is 24.0. The average Bonchev–Trinajstić information content (AvgIpc) is 2.35. The lowest BCUT2D eigenvalue weighted by atomic mass is 9.96. The molecule has 0 spiro atoms. The molecular weight excluding hydrogens is 232 g/mol. The van der Waals surface area contributed by atoms with Crippen LogP contribution in [0.2, 0.25) is 0 Å². The maximum absolute atomic E-state index is 12.3. The first-order chi connectivity index (χ1) is 8.49. The number of phenolic OH excluding ortho intramolecular Hbond substituents is 1. The molecule has 1 aliphatic rings. The van der Waals surface area contributed by atoms with Gasteiger partial charge in [0, 0.05) is 18.8 Å². The summed E-state index contributed by atoms with van der Waals surface area (Å²) >= 11 is 0. The van der Waals surface area contributed by atoms with Crippen LogP contribution in [-0.2, 0) is 0 Å². The zero-order valence-electron chi connectivity index (χ0n) is 10.3. The van der Waals surface area contributed by atoms with Gasteiger partial charge in [-0.3, -0.25) is 4.79 Å². The third kappa shape index (κ3) is 2.41. The van der Waals surface area contributed by atoms with Crippen molar-refractivity contribution in [3.8, 4) is 5.75 Å². The van der Waals surface area contributed by atoms with Crippen LogP contribution in [0.15, 0.2) is 18.2 Å². The summed E-state index contributed by atoms with van der Waals surface area (Å²) in [4.78, 5) is 13.9. The highest BCUT2D eigenvalue weighted by Crippen LogP contribution is 2.23. The van der Waals surface area contributed by atoms with Crippen molar-refractivity contribution in [1.82, 2.24) is 4.90 Å². The molecule has 1 aromatic carbocycles. The number of carbonyl (C=O) groups excluding carboxylic acids is 1. The number of phenols is 1. The van der Waals surface area contributed by atoms with Gasteiger partial charge in [-0.2, -0.15) is 0 Å². The Bertz CT molecular complexity index is 462. The molecule has 18 heavy (non-hydrogen) atoms. The summed E-state index contributed by atoms with van der Waals surface area (Å²) in [6.45, 7) is 2.93. The molecule has 1 saturated heterocycles. The summed E-state index contributed by atoms with van der Waals surface area (Å²) in [7, 11) is 0. The number of benzene rings is 1. The second-order valence-electron chi connectivity index (χ2n) is 4.86. The largest absolute Gasteiger partial charge is 0.508 e. The van der Waals surface area contributed by atoms with Crippen LogP contribution >= 0.6 is 0 Å². The minimum Gasteiger partial charge on any atom is -0.508 e. The molecule has 1 heterocycles. The van der Waals surface area contributed by atoms with Crippen LogP contribution in [0, 0.1) is 5.92 Å². The number of aromatic hydroxyl groups is 1. The summed E-state index contributed by atoms with van der Waals surface area (Å²) in [5.74, 6) is -0.110. The SMILES string of the molecule is CC1CN(C(=O)c2cc(O)ccc2N)CCC1O. The van der Waals surface area contributed by atoms with Gasteiger partial charge in [0.15, 0.2) is 0 Å². The summed E-state index contributed by atoms with van der Waals surface area (Å²) in [5, 5.41) is 19.1. The number of likely N-dealkylation sites (tertiary alicyclic amines) is 1. The number of piperidine rings is 1. The van der Waals surface area contributed by atoms with Crippen LogP contribution in [0.25, 0.3) is 0 Å². The van der Waals surface area contributed by atoms with Gasteiger partial charge in [-0.25, -0.2) is 0 Å². The molecule has 1 aliphatic heterocycles. The number of nitrogen functional groups attached to an aromatic ring is 1. The van der Waals surface area contributed by atoms with Crippen LogP contribution < -0.4 is 5.73 Å². The van der Waals surface area contributed by atoms with Gasteiger partial charge in [0.2, 0.25) is 0 Å². The third-order valence-corrected chi connectivity index (χ3v) is 3.41. The molecule has 2 atom stereocenters. The van der Waals surface area contributed by atoms with E-state index in [2.05, 4.69) is 0 Å². The Hall–Kier alpha value is -1.75. The van der Waals surface area contributed by atoms with Crippen LogP contribution in [0.1, 0.15) is 23.7 Å². The van der Waals surface area contributed by atoms with Gasteiger partial charge in [-0.1, -0.05) is 6.92 Å². The van der Waals surface area contributed by atoms with E-state index in [1.54, 1.807) is 4.90 Å². The first-order valence-electron chi connectivity index (χ1n) is 6.05. The fourth-order valence-corrected chi connectivity index (χ4v) is 2.22. The fourth-order valence-electron chi connectivity index (χ4n) is 2.22. The van der Waals surface area contributed by atoms with Crippen LogP contribution in [0.3, 0.4) is 0 Å². The Morgan fingerprint density at radius 2 is 2.22 bits per heavy atom. The Balaban J connectivity index is 2.19. The number of hydrogen-bond donors (Lipinski definition) is 3. The second kappa shape index (κ2) is 4.86. The molecule has 1 aromatic rings. The third-order valence-electron chi connectivity index (χ3n) is 3.41. The molecule has 0 aliphatic carbocycles. The first-order valence-corrected chi connectivity index (χ1v) is 6.05. The highest BCUT2D eigenvalue weighted by molar-refractivity contribution is 5.99. The molecule has 0 saturated carbocycles. The lowest BCUT2D eigenvalue weighted by molar-refractivity contribution is 0.0298. The van der Waals surface area contributed by atoms with E-state index in [0.717, 1.165) is 0 Å². The van der Waals surface area contributed by atoms with Gasteiger partial charge in [-0.05, 0) is 30.5 Å². The van der Waals surface area contributed by atoms with Crippen molar-refractivity contribution in [2.24, 2.45) is 5.92 Å². The lowest BCUT2D eigenvalue weighted by Gasteiger charge is -2.34. The van der Waals surface area contributed by atoms with Crippen molar-refractivity contribution < 1.29 is 15.0 Å². The molecule has 98 valence electrons. The Labute approximate surface area is 106 Å². The number of carbonyl (C=O) groups is 1. The van der Waals surface area contributed by atoms with E-state index in [0.29, 0.717) is 30.8 Å². The molecule has 0 bridgehead atoms. The highest BCUT2D eigenvalue weighted by atomic mass is 16.3. The smallest absolute Gasteiger partial charge is 0.256 e. The van der Waals surface area contributed by atoms with Crippen molar-refractivity contribution in [1.29, 1.82) is 0 Å². The van der Waals surface area contributed by atoms with Gasteiger partial charge in [0.05, 0.1) is 11.7 Å². The minimum absolute atomic E-state index is 0.0256. The quantitative estimate of drug-likeness (QED) is 0.508. The predicted molar refractivity (Wildman–Crippen MR) is 68.2 cm³/mol. The summed E-state index contributed by atoms with van der Waals surface area (Å²) in [6.07, 6.45) is 0.224. The van der Waals surface area contributed by atoms with Gasteiger partial charge in [0.1, 0.15) is 5.75 Å². The summed E-state index contributed by atoms with van der Waals surface area (Å²) in [5.41, 5.74) is 6.43. The number of aliphatic hydroxyl groups excluding tert-OH is 1. The summed E-state index contributed by atoms with van der Waals surface area (Å²) in [6, 6.07) is 4.35. The second-order valence-corrected chi connectivity index (χ2v) is 4.86. The Morgan fingerprint density at radius 1 is 1.50 bits per heavy atom. The van der Waals surface area contributed by atoms with Crippen molar-refractivity contribution >= 4 is 11.6 Å². The van der Waals surface area contributed by atoms with E-state index >= 15 is 0 Å². The predicted octanol–water partition coefficient (Wildman–Crippen LogP) is 0.817. The van der Waals surface area contributed by atoms with Gasteiger partial charge >= 0.3 is 0 Å². The van der Waals surface area contributed by atoms with Crippen LogP contribution in [0.4, 0.5) is 5.69 Å². The Morgan fingerprint density at radius 3 is 2.89 bits per heavy atom. The van der Waals surface area contributed by atoms with Crippen LogP contribution in [-0.4, -0.2) is 40.2 Å². The molecule has 2 rings (SSSR count). The van der Waals surface area contributed by atoms with E-state index in [1.807, 2.05) is 6.92 Å². The van der Waals surface area contributed by atoms with E-state index < -0.39 is 0 Å². The number of nitrogens with two attached hydrogens (primary N) is 1. The Kier molecular flexibility index (Phi) is 3.43. The number of amides is 1. The molecular formula is C13H18N2O3. The fraction of sp³-hybridized carbons (Fsp3) is 0.462. The van der Waals surface area contributed by atoms with E-state index in [1.165, 1.54) is 18.2 Å². The zero-order chi connectivity index (χ0) is 13.3. The maximum Gasteiger partial charge on any atom is 0.256 e. The molecule has 1 fully saturated rings. The average molecular weight is 250 g/mol. The topological polar surface area (TPSA) is 86.8 Å². The number of aliphatic hydroxyl groups is 1. The van der Waals surface area contributed by atoms with Gasteiger partial charge in [-0.15, -0.1) is 0 Å². The number of hydrogen-bond acceptors (Lipinski definition) is 4. The van der Waals surface area contributed by atoms with Crippen molar-refractivity contribution in [2.75, 3.05) is 18.8 Å². The van der Waals surface area contributed by atoms with Gasteiger partial charge in [0.25, 0.3) is 5.91 Å². The van der Waals surface area contributed by atoms with Crippen molar-refractivity contribution in [3.63, 3.8) is 0 Å². The first kappa shape index (κ1) is 12.7. The summed E-state index contributed by atoms with van der Waals surface area (Å²) < 4.78 is 0. The number of nitrogens with zero attached hydrogens (tertiary/aromatic N) is 1. The van der Waals surface area contributed by atoms with Gasteiger partial charge < -0.3 is 20.8 Å². The molecule has 2 unspecified atom stereocenters. The van der Waals surface area contributed by atoms with E-state index in [4.69, 9.17) is 5.73 Å². The maximum atomic E-state index is 12.3. The van der Waals surface area contributed by atoms with E-state index in [9.17, 15) is 15.0 Å². The molecule has 5 heteroatoms. The molecule has 4 N–H and O–H groups in total. The lowest BCUT2D eigenvalue weighted by Crippen LogP contribution is -2.45. The molecule has 5 nitrogen and oxygen atoms in total. The van der Waals surface area contributed by atoms with Crippen LogP contribution in [0.5, 0.6) is 5.75 Å². The van der Waals surface area contributed by atoms with E-state index in [-0.39, 0.29) is 23.7 Å². The van der Waals surface area contributed by atoms with Crippen molar-refractivity contribution in [3.05, 3.63) is 23.8 Å². The standard InChI is InChI=1S/C13H18N2O3/c1-8-7-15(5-4-12(8)17)13(18)10-6-9(16)2-3-11(10)14/h2-3,6,8,12,16-17H,4-5,7,14H2,1H3. The minimum atomic E-state index is -0.351. The monoisotopic (exact) mass is 250 g/mol. The molecule has 0 radical (unpaired) electrons. The molecule has 1 amide bonds.